The fraction of sp³-hybridized carbons (Fsp3) is 0.231. The first-order valence-electron chi connectivity index (χ1n) is 11.1. The predicted molar refractivity (Wildman–Crippen MR) is 130 cm³/mol. The average Bonchev–Trinajstić information content (AvgIpc) is 3.26. The van der Waals surface area contributed by atoms with E-state index in [0.29, 0.717) is 29.7 Å². The van der Waals surface area contributed by atoms with Gasteiger partial charge in [-0.25, -0.2) is 9.78 Å². The van der Waals surface area contributed by atoms with E-state index < -0.39 is 11.9 Å². The van der Waals surface area contributed by atoms with Gasteiger partial charge < -0.3 is 14.8 Å². The maximum Gasteiger partial charge on any atom is 0.343 e. The fourth-order valence-electron chi connectivity index (χ4n) is 3.32. The third kappa shape index (κ3) is 5.06. The number of aromatic nitrogens is 3. The lowest BCUT2D eigenvalue weighted by atomic mass is 10.2. The van der Waals surface area contributed by atoms with E-state index in [1.54, 1.807) is 37.3 Å². The van der Waals surface area contributed by atoms with Gasteiger partial charge in [0.15, 0.2) is 11.6 Å². The van der Waals surface area contributed by atoms with Crippen molar-refractivity contribution in [2.45, 2.75) is 20.8 Å². The Morgan fingerprint density at radius 2 is 1.79 bits per heavy atom. The summed E-state index contributed by atoms with van der Waals surface area (Å²) in [5.74, 6) is 0.746. The normalized spacial score (nSPS) is 10.9. The molecule has 0 spiro atoms. The maximum atomic E-state index is 13.1. The highest BCUT2D eigenvalue weighted by atomic mass is 16.5. The highest BCUT2D eigenvalue weighted by Crippen LogP contribution is 2.23. The number of carbonyl (C=O) groups is 2. The molecule has 0 aliphatic carbocycles. The second kappa shape index (κ2) is 10.2. The molecule has 174 valence electrons. The molecule has 8 nitrogen and oxygen atoms in total. The summed E-state index contributed by atoms with van der Waals surface area (Å²) in [7, 11) is 0. The third-order valence-corrected chi connectivity index (χ3v) is 5.00. The van der Waals surface area contributed by atoms with Crippen LogP contribution in [0.25, 0.3) is 16.7 Å². The van der Waals surface area contributed by atoms with Crippen LogP contribution in [0.15, 0.2) is 66.9 Å². The summed E-state index contributed by atoms with van der Waals surface area (Å²) in [6.07, 6.45) is 1.37. The second-order valence-electron chi connectivity index (χ2n) is 8.08. The van der Waals surface area contributed by atoms with Gasteiger partial charge in [-0.2, -0.15) is 9.78 Å². The Morgan fingerprint density at radius 1 is 1.03 bits per heavy atom. The summed E-state index contributed by atoms with van der Waals surface area (Å²) in [5, 5.41) is 8.09. The molecule has 0 radical (unpaired) electrons. The number of rotatable bonds is 8. The Labute approximate surface area is 197 Å². The summed E-state index contributed by atoms with van der Waals surface area (Å²) in [6.45, 7) is 6.64. The smallest absolute Gasteiger partial charge is 0.343 e. The lowest BCUT2D eigenvalue weighted by molar-refractivity contribution is 0.0527. The molecule has 2 aromatic carbocycles. The molecule has 4 rings (SSSR count). The molecule has 1 amide bonds. The van der Waals surface area contributed by atoms with E-state index in [1.165, 1.54) is 10.9 Å². The molecule has 0 unspecified atom stereocenters. The van der Waals surface area contributed by atoms with Crippen molar-refractivity contribution in [2.24, 2.45) is 5.92 Å². The van der Waals surface area contributed by atoms with Crippen LogP contribution in [0.4, 0.5) is 5.82 Å². The number of ether oxygens (including phenoxy) is 2. The zero-order chi connectivity index (χ0) is 24.1. The quantitative estimate of drug-likeness (QED) is 0.378. The zero-order valence-electron chi connectivity index (χ0n) is 19.3. The molecule has 2 heterocycles. The maximum absolute atomic E-state index is 13.1. The molecule has 0 atom stereocenters. The van der Waals surface area contributed by atoms with E-state index in [4.69, 9.17) is 9.47 Å². The van der Waals surface area contributed by atoms with Gasteiger partial charge in [-0.05, 0) is 55.3 Å². The molecule has 4 aromatic rings. The van der Waals surface area contributed by atoms with Gasteiger partial charge in [0.1, 0.15) is 11.3 Å². The van der Waals surface area contributed by atoms with Gasteiger partial charge in [0.05, 0.1) is 24.9 Å². The summed E-state index contributed by atoms with van der Waals surface area (Å²) < 4.78 is 12.3. The highest BCUT2D eigenvalue weighted by molar-refractivity contribution is 6.07. The van der Waals surface area contributed by atoms with Gasteiger partial charge in [0.25, 0.3) is 5.91 Å². The number of anilines is 1. The third-order valence-electron chi connectivity index (χ3n) is 5.00. The number of esters is 1. The van der Waals surface area contributed by atoms with Gasteiger partial charge in [-0.1, -0.05) is 32.0 Å². The average molecular weight is 459 g/mol. The molecule has 0 aliphatic rings. The van der Waals surface area contributed by atoms with Crippen LogP contribution in [0.1, 0.15) is 41.5 Å². The summed E-state index contributed by atoms with van der Waals surface area (Å²) in [5.41, 5.74) is 1.32. The number of hydrogen-bond acceptors (Lipinski definition) is 6. The van der Waals surface area contributed by atoms with Crippen LogP contribution in [-0.4, -0.2) is 39.9 Å². The molecule has 8 heteroatoms. The van der Waals surface area contributed by atoms with Crippen molar-refractivity contribution in [2.75, 3.05) is 18.5 Å². The van der Waals surface area contributed by atoms with E-state index in [0.717, 1.165) is 10.9 Å². The molecule has 34 heavy (non-hydrogen) atoms. The Kier molecular flexibility index (Phi) is 6.87. The number of carbonyl (C=O) groups excluding carboxylic acids is 2. The van der Waals surface area contributed by atoms with Gasteiger partial charge in [0.2, 0.25) is 0 Å². The van der Waals surface area contributed by atoms with Gasteiger partial charge >= 0.3 is 5.97 Å². The monoisotopic (exact) mass is 458 g/mol. The van der Waals surface area contributed by atoms with Gasteiger partial charge in [-0.3, -0.25) is 4.79 Å². The Balaban J connectivity index is 1.65. The Morgan fingerprint density at radius 3 is 2.53 bits per heavy atom. The summed E-state index contributed by atoms with van der Waals surface area (Å²) >= 11 is 0. The lowest BCUT2D eigenvalue weighted by Gasteiger charge is -2.12. The molecule has 0 aliphatic heterocycles. The van der Waals surface area contributed by atoms with Crippen molar-refractivity contribution in [3.63, 3.8) is 0 Å². The van der Waals surface area contributed by atoms with Crippen LogP contribution < -0.4 is 10.1 Å². The van der Waals surface area contributed by atoms with Crippen LogP contribution in [0, 0.1) is 5.92 Å². The first-order valence-corrected chi connectivity index (χ1v) is 11.1. The Hall–Kier alpha value is -4.20. The molecular formula is C26H26N4O4. The minimum atomic E-state index is -0.581. The van der Waals surface area contributed by atoms with Gasteiger partial charge in [-0.15, -0.1) is 0 Å². The fourth-order valence-corrected chi connectivity index (χ4v) is 3.32. The molecule has 0 saturated heterocycles. The molecule has 0 fully saturated rings. The zero-order valence-corrected chi connectivity index (χ0v) is 19.3. The van der Waals surface area contributed by atoms with Crippen LogP contribution in [-0.2, 0) is 4.74 Å². The number of amides is 1. The highest BCUT2D eigenvalue weighted by Gasteiger charge is 2.22. The standard InChI is InChI=1S/C26H26N4O4/c1-4-33-26(32)21-15-27-30(23-14-11-18-7-5-6-8-22(18)28-23)24(21)29-25(31)19-9-12-20(13-10-19)34-16-17(2)3/h5-15,17H,4,16H2,1-3H3,(H,29,31). The van der Waals surface area contributed by atoms with Crippen molar-refractivity contribution in [1.82, 2.24) is 14.8 Å². The number of benzene rings is 2. The Bertz CT molecular complexity index is 1310. The van der Waals surface area contributed by atoms with E-state index >= 15 is 0 Å². The number of hydrogen-bond donors (Lipinski definition) is 1. The second-order valence-corrected chi connectivity index (χ2v) is 8.08. The van der Waals surface area contributed by atoms with E-state index in [9.17, 15) is 9.59 Å². The van der Waals surface area contributed by atoms with Crippen molar-refractivity contribution >= 4 is 28.6 Å². The van der Waals surface area contributed by atoms with Crippen molar-refractivity contribution in [1.29, 1.82) is 0 Å². The first kappa shape index (κ1) is 23.0. The minimum absolute atomic E-state index is 0.141. The van der Waals surface area contributed by atoms with E-state index in [-0.39, 0.29) is 18.0 Å². The number of nitrogens with zero attached hydrogens (tertiary/aromatic N) is 3. The topological polar surface area (TPSA) is 95.3 Å². The van der Waals surface area contributed by atoms with Crippen molar-refractivity contribution < 1.29 is 19.1 Å². The lowest BCUT2D eigenvalue weighted by Crippen LogP contribution is -2.18. The largest absolute Gasteiger partial charge is 0.493 e. The number of pyridine rings is 1. The van der Waals surface area contributed by atoms with Crippen molar-refractivity contribution in [3.8, 4) is 11.6 Å². The van der Waals surface area contributed by atoms with Crippen LogP contribution >= 0.6 is 0 Å². The molecule has 0 bridgehead atoms. The van der Waals surface area contributed by atoms with Crippen LogP contribution in [0.3, 0.4) is 0 Å². The molecular weight excluding hydrogens is 432 g/mol. The molecule has 1 N–H and O–H groups in total. The van der Waals surface area contributed by atoms with Crippen molar-refractivity contribution in [3.05, 3.63) is 78.0 Å². The molecule has 2 aromatic heterocycles. The minimum Gasteiger partial charge on any atom is -0.493 e. The van der Waals surface area contributed by atoms with Crippen LogP contribution in [0.5, 0.6) is 5.75 Å². The summed E-state index contributed by atoms with van der Waals surface area (Å²) in [6, 6.07) is 18.2. The summed E-state index contributed by atoms with van der Waals surface area (Å²) in [4.78, 5) is 30.2. The van der Waals surface area contributed by atoms with Gasteiger partial charge in [0, 0.05) is 10.9 Å². The number of fused-ring (bicyclic) bond motifs is 1. The SMILES string of the molecule is CCOC(=O)c1cnn(-c2ccc3ccccc3n2)c1NC(=O)c1ccc(OCC(C)C)cc1. The predicted octanol–water partition coefficient (Wildman–Crippen LogP) is 4.88. The van der Waals surface area contributed by atoms with E-state index in [2.05, 4.69) is 29.2 Å². The van der Waals surface area contributed by atoms with Crippen LogP contribution in [0.2, 0.25) is 0 Å². The van der Waals surface area contributed by atoms with E-state index in [1.807, 2.05) is 30.3 Å². The number of nitrogens with one attached hydrogen (secondary N) is 1. The first-order chi connectivity index (χ1) is 16.5. The molecule has 0 saturated carbocycles. The number of para-hydroxylation sites is 1.